The molecule has 0 bridgehead atoms. The molecular formula is C38H69NO13. The molecule has 14 heteroatoms. The Balaban J connectivity index is 2.22. The minimum Gasteiger partial charge on any atom is -0.459 e. The van der Waals surface area contributed by atoms with E-state index >= 15 is 0 Å². The fourth-order valence-corrected chi connectivity index (χ4v) is 8.58. The zero-order valence-electron chi connectivity index (χ0n) is 33.9. The van der Waals surface area contributed by atoms with Gasteiger partial charge in [0.2, 0.25) is 0 Å². The Morgan fingerprint density at radius 1 is 0.846 bits per heavy atom. The summed E-state index contributed by atoms with van der Waals surface area (Å²) in [5.41, 5.74) is -4.24. The second kappa shape index (κ2) is 17.7. The summed E-state index contributed by atoms with van der Waals surface area (Å²) in [6, 6.07) is -0.283. The molecule has 0 aromatic rings. The molecule has 0 aliphatic carbocycles. The first kappa shape index (κ1) is 45.1. The number of aliphatic hydroxyl groups excluding tert-OH is 3. The number of carbonyl (C=O) groups is 2. The van der Waals surface area contributed by atoms with Crippen molar-refractivity contribution in [3.63, 3.8) is 0 Å². The number of carbonyl (C=O) groups excluding carboxylic acids is 2. The summed E-state index contributed by atoms with van der Waals surface area (Å²) in [5.74, 6) is -4.47. The van der Waals surface area contributed by atoms with Crippen molar-refractivity contribution >= 4 is 11.8 Å². The maximum absolute atomic E-state index is 14.2. The van der Waals surface area contributed by atoms with Crippen LogP contribution in [-0.2, 0) is 42.7 Å². The van der Waals surface area contributed by atoms with Gasteiger partial charge in [-0.25, -0.2) is 0 Å². The Labute approximate surface area is 310 Å². The first-order valence-electron chi connectivity index (χ1n) is 18.9. The number of likely N-dealkylation sites (N-methyl/N-ethyl adjacent to an activating group) is 1. The van der Waals surface area contributed by atoms with Gasteiger partial charge in [0.25, 0.3) is 0 Å². The van der Waals surface area contributed by atoms with E-state index in [9.17, 15) is 30.0 Å². The molecule has 3 aliphatic heterocycles. The van der Waals surface area contributed by atoms with Gasteiger partial charge in [-0.3, -0.25) is 9.59 Å². The third-order valence-corrected chi connectivity index (χ3v) is 12.3. The van der Waals surface area contributed by atoms with Crippen LogP contribution < -0.4 is 0 Å². The molecule has 3 saturated heterocycles. The minimum atomic E-state index is -1.96. The van der Waals surface area contributed by atoms with Crippen molar-refractivity contribution in [1.29, 1.82) is 0 Å². The highest BCUT2D eigenvalue weighted by atomic mass is 16.7. The summed E-state index contributed by atoms with van der Waals surface area (Å²) in [7, 11) is 6.77. The molecule has 13 unspecified atom stereocenters. The lowest BCUT2D eigenvalue weighted by Crippen LogP contribution is -2.61. The summed E-state index contributed by atoms with van der Waals surface area (Å²) in [6.07, 6.45) is -8.73. The summed E-state index contributed by atoms with van der Waals surface area (Å²) >= 11 is 0. The molecule has 3 heterocycles. The maximum atomic E-state index is 14.2. The quantitative estimate of drug-likeness (QED) is 0.266. The molecule has 304 valence electrons. The fraction of sp³-hybridized carbons (Fsp3) is 0.947. The summed E-state index contributed by atoms with van der Waals surface area (Å²) in [4.78, 5) is 30.1. The predicted molar refractivity (Wildman–Crippen MR) is 191 cm³/mol. The summed E-state index contributed by atoms with van der Waals surface area (Å²) < 4.78 is 43.9. The molecule has 0 aromatic heterocycles. The zero-order valence-corrected chi connectivity index (χ0v) is 33.9. The van der Waals surface area contributed by atoms with E-state index in [-0.39, 0.29) is 37.2 Å². The topological polar surface area (TPSA) is 183 Å². The highest BCUT2D eigenvalue weighted by molar-refractivity contribution is 5.83. The largest absolute Gasteiger partial charge is 0.459 e. The van der Waals surface area contributed by atoms with Gasteiger partial charge >= 0.3 is 5.97 Å². The van der Waals surface area contributed by atoms with Gasteiger partial charge in [-0.2, -0.15) is 0 Å². The van der Waals surface area contributed by atoms with Crippen LogP contribution >= 0.6 is 0 Å². The molecule has 0 aromatic carbocycles. The summed E-state index contributed by atoms with van der Waals surface area (Å²) in [6.45, 7) is 17.1. The molecule has 3 aliphatic rings. The van der Waals surface area contributed by atoms with Crippen molar-refractivity contribution in [1.82, 2.24) is 4.90 Å². The average molecular weight is 748 g/mol. The van der Waals surface area contributed by atoms with Crippen molar-refractivity contribution in [2.24, 2.45) is 23.7 Å². The third kappa shape index (κ3) is 9.38. The Morgan fingerprint density at radius 3 is 1.98 bits per heavy atom. The zero-order chi connectivity index (χ0) is 39.7. The van der Waals surface area contributed by atoms with Gasteiger partial charge in [0, 0.05) is 44.4 Å². The van der Waals surface area contributed by atoms with Crippen LogP contribution in [-0.4, -0.2) is 150 Å². The molecule has 3 rings (SSSR count). The SMILES string of the molecule is CCC1OC(=O)[C@H](C)C(OC2CC(C)(OC)C(O)C(C)O2)C(C)C(OC2OC(C)CC(N(C)C)C2O)[C@](C)(OC)CC(C)C(=O)[C@H](C)[C@@H](O)[C@]1(C)O. The number of esters is 1. The number of nitrogens with zero attached hydrogens (tertiary/aromatic N) is 1. The highest BCUT2D eigenvalue weighted by Crippen LogP contribution is 2.41. The van der Waals surface area contributed by atoms with E-state index in [0.717, 1.165) is 0 Å². The second-order valence-corrected chi connectivity index (χ2v) is 16.6. The fourth-order valence-electron chi connectivity index (χ4n) is 8.58. The minimum absolute atomic E-state index is 0.111. The molecule has 3 fully saturated rings. The van der Waals surface area contributed by atoms with E-state index in [2.05, 4.69) is 0 Å². The van der Waals surface area contributed by atoms with E-state index < -0.39 is 102 Å². The number of aliphatic hydroxyl groups is 4. The van der Waals surface area contributed by atoms with Crippen LogP contribution in [0.2, 0.25) is 0 Å². The van der Waals surface area contributed by atoms with Crippen molar-refractivity contribution in [2.75, 3.05) is 28.3 Å². The Kier molecular flexibility index (Phi) is 15.3. The number of hydrogen-bond donors (Lipinski definition) is 4. The average Bonchev–Trinajstić information content (AvgIpc) is 3.09. The molecule has 0 amide bonds. The van der Waals surface area contributed by atoms with Crippen molar-refractivity contribution < 1.29 is 63.2 Å². The number of rotatable bonds is 8. The number of ether oxygens (including phenoxy) is 7. The first-order chi connectivity index (χ1) is 24.0. The van der Waals surface area contributed by atoms with Crippen LogP contribution in [0, 0.1) is 23.7 Å². The lowest BCUT2D eigenvalue weighted by atomic mass is 9.74. The molecule has 0 spiro atoms. The Hall–Kier alpha value is -1.30. The van der Waals surface area contributed by atoms with Gasteiger partial charge in [-0.05, 0) is 74.9 Å². The van der Waals surface area contributed by atoms with Gasteiger partial charge in [0.1, 0.15) is 29.7 Å². The lowest BCUT2D eigenvalue weighted by Gasteiger charge is -2.50. The maximum Gasteiger partial charge on any atom is 0.311 e. The molecule has 14 nitrogen and oxygen atoms in total. The predicted octanol–water partition coefficient (Wildman–Crippen LogP) is 2.44. The normalized spacial score (nSPS) is 49.0. The van der Waals surface area contributed by atoms with Crippen LogP contribution in [0.15, 0.2) is 0 Å². The Morgan fingerprint density at radius 2 is 1.44 bits per heavy atom. The number of hydrogen-bond acceptors (Lipinski definition) is 14. The number of methoxy groups -OCH3 is 2. The number of cyclic esters (lactones) is 1. The smallest absolute Gasteiger partial charge is 0.311 e. The number of Topliss-reactive ketones (excluding diaryl/α,β-unsaturated/α-hetero) is 1. The van der Waals surface area contributed by atoms with Crippen molar-refractivity contribution in [3.05, 3.63) is 0 Å². The van der Waals surface area contributed by atoms with Crippen LogP contribution in [0.3, 0.4) is 0 Å². The third-order valence-electron chi connectivity index (χ3n) is 12.3. The van der Waals surface area contributed by atoms with Gasteiger partial charge in [0.15, 0.2) is 12.6 Å². The molecule has 0 radical (unpaired) electrons. The van der Waals surface area contributed by atoms with E-state index in [0.29, 0.717) is 6.42 Å². The Bertz CT molecular complexity index is 1190. The molecule has 4 N–H and O–H groups in total. The molecule has 52 heavy (non-hydrogen) atoms. The first-order valence-corrected chi connectivity index (χ1v) is 18.9. The van der Waals surface area contributed by atoms with Crippen LogP contribution in [0.5, 0.6) is 0 Å². The van der Waals surface area contributed by atoms with E-state index in [4.69, 9.17) is 33.2 Å². The van der Waals surface area contributed by atoms with Gasteiger partial charge in [0.05, 0.1) is 47.6 Å². The van der Waals surface area contributed by atoms with Crippen LogP contribution in [0.25, 0.3) is 0 Å². The summed E-state index contributed by atoms with van der Waals surface area (Å²) in [5, 5.41) is 45.6. The van der Waals surface area contributed by atoms with E-state index in [1.165, 1.54) is 21.1 Å². The molecular weight excluding hydrogens is 678 g/mol. The van der Waals surface area contributed by atoms with Crippen LogP contribution in [0.1, 0.15) is 94.9 Å². The highest BCUT2D eigenvalue weighted by Gasteiger charge is 2.54. The van der Waals surface area contributed by atoms with Crippen LogP contribution in [0.4, 0.5) is 0 Å². The standard InChI is InChI=1S/C38H69NO13/c1-15-26-38(10,45)31(42)21(4)28(40)19(2)17-37(9,47-14)33(52-35-29(41)25(39(11)12)16-20(3)48-35)22(5)30(23(6)34(44)50-26)51-27-18-36(8,46-13)32(43)24(7)49-27/h19-27,29-33,35,41-43,45H,15-18H2,1-14H3/t19?,20?,21-,22?,23+,24?,25?,26?,27?,29?,30?,31+,32?,33?,35?,36?,37+,38+/m0/s1. The monoisotopic (exact) mass is 747 g/mol. The van der Waals surface area contributed by atoms with Gasteiger partial charge in [-0.15, -0.1) is 0 Å². The number of ketones is 1. The molecule has 0 saturated carbocycles. The van der Waals surface area contributed by atoms with E-state index in [1.54, 1.807) is 48.5 Å². The van der Waals surface area contributed by atoms with Gasteiger partial charge < -0.3 is 58.5 Å². The van der Waals surface area contributed by atoms with Crippen molar-refractivity contribution in [3.8, 4) is 0 Å². The lowest BCUT2D eigenvalue weighted by molar-refractivity contribution is -0.319. The van der Waals surface area contributed by atoms with Gasteiger partial charge in [-0.1, -0.05) is 27.7 Å². The second-order valence-electron chi connectivity index (χ2n) is 16.6. The van der Waals surface area contributed by atoms with E-state index in [1.807, 2.05) is 32.8 Å². The van der Waals surface area contributed by atoms with Crippen molar-refractivity contribution in [2.45, 2.75) is 179 Å². The molecule has 18 atom stereocenters.